The summed E-state index contributed by atoms with van der Waals surface area (Å²) in [5.41, 5.74) is 7.03. The van der Waals surface area contributed by atoms with Crippen LogP contribution in [0.3, 0.4) is 0 Å². The number of amides is 2. The molecule has 1 unspecified atom stereocenters. The molecule has 4 aliphatic rings. The summed E-state index contributed by atoms with van der Waals surface area (Å²) in [4.78, 5) is 38.1. The number of fused-ring (bicyclic) bond motifs is 3. The number of nitrogens with zero attached hydrogens (tertiary/aromatic N) is 4. The third-order valence-electron chi connectivity index (χ3n) is 10.6. The number of carbonyl (C=O) groups excluding carboxylic acids is 2. The molecule has 1 spiro atoms. The zero-order valence-corrected chi connectivity index (χ0v) is 30.6. The van der Waals surface area contributed by atoms with Crippen molar-refractivity contribution in [3.05, 3.63) is 118 Å². The zero-order valence-electron chi connectivity index (χ0n) is 28.8. The Kier molecular flexibility index (Phi) is 8.85. The number of carbonyl (C=O) groups is 2. The molecule has 1 aliphatic carbocycles. The number of nitrogens with one attached hydrogen (secondary N) is 2. The Bertz CT molecular complexity index is 2300. The Balaban J connectivity index is 0.893. The molecular weight excluding hydrogens is 711 g/mol. The van der Waals surface area contributed by atoms with E-state index in [0.717, 1.165) is 90.9 Å². The first-order valence-electron chi connectivity index (χ1n) is 17.9. The second kappa shape index (κ2) is 13.8. The van der Waals surface area contributed by atoms with Gasteiger partial charge in [-0.3, -0.25) is 14.5 Å². The summed E-state index contributed by atoms with van der Waals surface area (Å²) in [6.07, 6.45) is 6.56. The number of hydrogen-bond donors (Lipinski definition) is 2. The maximum Gasteiger partial charge on any atom is 0.255 e. The van der Waals surface area contributed by atoms with Crippen molar-refractivity contribution in [2.75, 3.05) is 30.3 Å². The Hall–Kier alpha value is -4.88. The molecule has 1 saturated heterocycles. The molecule has 268 valence electrons. The number of ether oxygens (including phenoxy) is 2. The quantitative estimate of drug-likeness (QED) is 0.144. The van der Waals surface area contributed by atoms with Crippen molar-refractivity contribution in [2.24, 2.45) is 0 Å². The lowest BCUT2D eigenvalue weighted by Gasteiger charge is -2.28. The van der Waals surface area contributed by atoms with Gasteiger partial charge in [0.2, 0.25) is 11.8 Å². The Morgan fingerprint density at radius 3 is 2.77 bits per heavy atom. The van der Waals surface area contributed by atoms with Gasteiger partial charge in [-0.05, 0) is 91.4 Å². The van der Waals surface area contributed by atoms with Gasteiger partial charge in [0.15, 0.2) is 0 Å². The predicted octanol–water partition coefficient (Wildman–Crippen LogP) is 6.74. The summed E-state index contributed by atoms with van der Waals surface area (Å²) in [6.45, 7) is 3.08. The summed E-state index contributed by atoms with van der Waals surface area (Å²) >= 11 is 5.88. The van der Waals surface area contributed by atoms with Crippen molar-refractivity contribution in [2.45, 2.75) is 56.1 Å². The molecule has 13 heteroatoms. The second-order valence-corrected chi connectivity index (χ2v) is 15.8. The number of imidazole rings is 1. The van der Waals surface area contributed by atoms with Crippen LogP contribution in [0.4, 0.5) is 15.8 Å². The molecule has 1 saturated carbocycles. The van der Waals surface area contributed by atoms with Gasteiger partial charge >= 0.3 is 0 Å². The van der Waals surface area contributed by atoms with Crippen LogP contribution in [0, 0.1) is 5.82 Å². The van der Waals surface area contributed by atoms with Gasteiger partial charge in [-0.15, -0.1) is 0 Å². The van der Waals surface area contributed by atoms with Gasteiger partial charge in [0.1, 0.15) is 27.8 Å². The zero-order chi connectivity index (χ0) is 36.1. The van der Waals surface area contributed by atoms with Gasteiger partial charge < -0.3 is 24.7 Å². The molecule has 2 N–H and O–H groups in total. The van der Waals surface area contributed by atoms with Crippen molar-refractivity contribution in [1.82, 2.24) is 19.4 Å². The van der Waals surface area contributed by atoms with E-state index < -0.39 is 11.2 Å². The number of rotatable bonds is 11. The van der Waals surface area contributed by atoms with E-state index >= 15 is 0 Å². The Labute approximate surface area is 313 Å². The third kappa shape index (κ3) is 6.76. The van der Waals surface area contributed by atoms with Crippen LogP contribution in [0.1, 0.15) is 58.7 Å². The fraction of sp³-hybridized carbons (Fsp3) is 0.300. The van der Waals surface area contributed by atoms with Crippen molar-refractivity contribution < 1.29 is 23.5 Å². The van der Waals surface area contributed by atoms with Crippen LogP contribution >= 0.6 is 11.6 Å². The van der Waals surface area contributed by atoms with Crippen LogP contribution in [-0.2, 0) is 34.3 Å². The topological polar surface area (TPSA) is 111 Å². The van der Waals surface area contributed by atoms with Crippen molar-refractivity contribution in [1.29, 1.82) is 0 Å². The lowest BCUT2D eigenvalue weighted by molar-refractivity contribution is -0.117. The molecule has 10 nitrogen and oxygen atoms in total. The van der Waals surface area contributed by atoms with Crippen LogP contribution in [0.15, 0.2) is 78.9 Å². The number of benzene rings is 3. The van der Waals surface area contributed by atoms with Gasteiger partial charge in [-0.1, -0.05) is 29.8 Å². The molecule has 2 radical (unpaired) electrons. The molecular formula is C40H36ClFN6O4Si. The summed E-state index contributed by atoms with van der Waals surface area (Å²) in [5.74, 6) is 0.816. The highest BCUT2D eigenvalue weighted by Gasteiger charge is 2.56. The van der Waals surface area contributed by atoms with Crippen LogP contribution < -0.4 is 15.4 Å². The molecule has 2 aromatic heterocycles. The van der Waals surface area contributed by atoms with E-state index in [0.29, 0.717) is 43.8 Å². The molecule has 2 fully saturated rings. The number of aromatic nitrogens is 3. The van der Waals surface area contributed by atoms with E-state index in [-0.39, 0.29) is 24.1 Å². The van der Waals surface area contributed by atoms with Crippen molar-refractivity contribution in [3.8, 4) is 5.88 Å². The maximum absolute atomic E-state index is 14.3. The third-order valence-corrected chi connectivity index (χ3v) is 12.2. The SMILES string of the molecule is O=C(Nc1ccc2c(c1)C1(CC1)C(=O)N2)c1ccc2c(c1)nc(CN1CC=C(c3cccc(OCc4ccc(Cl)cc4F)n3)CC1)n2C[Si]C1CCO1. The highest BCUT2D eigenvalue weighted by Crippen LogP contribution is 2.55. The van der Waals surface area contributed by atoms with E-state index in [1.807, 2.05) is 48.5 Å². The highest BCUT2D eigenvalue weighted by atomic mass is 35.5. The van der Waals surface area contributed by atoms with Gasteiger partial charge in [-0.2, -0.15) is 0 Å². The Morgan fingerprint density at radius 1 is 1.11 bits per heavy atom. The van der Waals surface area contributed by atoms with Crippen molar-refractivity contribution >= 4 is 60.9 Å². The predicted molar refractivity (Wildman–Crippen MR) is 202 cm³/mol. The van der Waals surface area contributed by atoms with E-state index in [2.05, 4.69) is 26.2 Å². The molecule has 5 aromatic rings. The highest BCUT2D eigenvalue weighted by molar-refractivity contribution is 6.36. The summed E-state index contributed by atoms with van der Waals surface area (Å²) in [5, 5.41) is 6.35. The van der Waals surface area contributed by atoms with Crippen LogP contribution in [-0.4, -0.2) is 66.2 Å². The fourth-order valence-electron chi connectivity index (χ4n) is 7.28. The number of hydrogen-bond acceptors (Lipinski definition) is 7. The number of pyridine rings is 1. The second-order valence-electron chi connectivity index (χ2n) is 14.0. The first kappa shape index (κ1) is 33.9. The minimum absolute atomic E-state index is 0.0527. The lowest BCUT2D eigenvalue weighted by Crippen LogP contribution is -2.35. The lowest BCUT2D eigenvalue weighted by atomic mass is 9.97. The molecule has 2 amide bonds. The van der Waals surface area contributed by atoms with E-state index in [9.17, 15) is 14.0 Å². The Morgan fingerprint density at radius 2 is 2.00 bits per heavy atom. The minimum atomic E-state index is -0.423. The van der Waals surface area contributed by atoms with Crippen LogP contribution in [0.2, 0.25) is 5.02 Å². The van der Waals surface area contributed by atoms with Gasteiger partial charge in [-0.25, -0.2) is 14.4 Å². The van der Waals surface area contributed by atoms with E-state index in [4.69, 9.17) is 31.0 Å². The molecule has 9 rings (SSSR count). The molecule has 0 bridgehead atoms. The van der Waals surface area contributed by atoms with Crippen LogP contribution in [0.5, 0.6) is 5.88 Å². The number of anilines is 2. The molecule has 3 aliphatic heterocycles. The van der Waals surface area contributed by atoms with E-state index in [1.165, 1.54) is 6.07 Å². The first-order chi connectivity index (χ1) is 25.8. The van der Waals surface area contributed by atoms with Crippen LogP contribution in [0.25, 0.3) is 16.6 Å². The first-order valence-corrected chi connectivity index (χ1v) is 19.5. The van der Waals surface area contributed by atoms with Gasteiger partial charge in [0, 0.05) is 65.2 Å². The van der Waals surface area contributed by atoms with Gasteiger partial charge in [0.05, 0.1) is 28.7 Å². The molecule has 5 heterocycles. The monoisotopic (exact) mass is 746 g/mol. The summed E-state index contributed by atoms with van der Waals surface area (Å²) in [7, 11) is 0.614. The summed E-state index contributed by atoms with van der Waals surface area (Å²) in [6, 6.07) is 21.5. The average Bonchev–Trinajstić information content (AvgIpc) is 3.82. The molecule has 1 atom stereocenters. The molecule has 53 heavy (non-hydrogen) atoms. The average molecular weight is 747 g/mol. The van der Waals surface area contributed by atoms with Gasteiger partial charge in [0.25, 0.3) is 5.91 Å². The molecule has 3 aromatic carbocycles. The van der Waals surface area contributed by atoms with Crippen molar-refractivity contribution in [3.63, 3.8) is 0 Å². The van der Waals surface area contributed by atoms with E-state index in [1.54, 1.807) is 18.2 Å². The summed E-state index contributed by atoms with van der Waals surface area (Å²) < 4.78 is 28.1. The normalized spacial score (nSPS) is 18.7. The fourth-order valence-corrected chi connectivity index (χ4v) is 8.73. The standard InChI is InChI=1S/C40H36ClFN6O4Si/c41-27-6-4-26(30(42)19-27)22-52-36-3-1-2-31(45-36)24-10-15-47(16-11-24)21-35-44-33-18-25(5-9-34(33)48(35)23-53-37-12-17-51-37)38(49)43-28-7-8-32-29(20-28)40(13-14-40)39(50)46-32/h1-10,18-20,37H,11-17,21-23H2,(H,43,49)(H,46,50). The smallest absolute Gasteiger partial charge is 0.255 e. The maximum atomic E-state index is 14.3. The number of halogens is 2. The largest absolute Gasteiger partial charge is 0.473 e. The minimum Gasteiger partial charge on any atom is -0.473 e.